The number of nitrogens with zero attached hydrogens (tertiary/aromatic N) is 2. The van der Waals surface area contributed by atoms with Crippen LogP contribution in [0.15, 0.2) is 42.5 Å². The van der Waals surface area contributed by atoms with Crippen molar-refractivity contribution in [3.8, 4) is 11.5 Å². The van der Waals surface area contributed by atoms with Crippen molar-refractivity contribution in [2.24, 2.45) is 0 Å². The van der Waals surface area contributed by atoms with Gasteiger partial charge in [-0.25, -0.2) is 0 Å². The van der Waals surface area contributed by atoms with Crippen molar-refractivity contribution >= 4 is 5.91 Å². The van der Waals surface area contributed by atoms with Gasteiger partial charge in [-0.15, -0.1) is 0 Å². The van der Waals surface area contributed by atoms with Crippen molar-refractivity contribution in [3.63, 3.8) is 0 Å². The van der Waals surface area contributed by atoms with Crippen molar-refractivity contribution < 1.29 is 14.3 Å². The first kappa shape index (κ1) is 18.8. The molecule has 1 heterocycles. The first-order valence-electron chi connectivity index (χ1n) is 10.1. The maximum Gasteiger partial charge on any atom is 0.260 e. The average molecular weight is 380 g/mol. The standard InChI is InChI=1S/C23H28N2O3/c1-27-21-8-5-18(6-9-21)16-24-11-13-25(14-12-24)23(26)17-28-22-10-7-19-3-2-4-20(19)15-22/h5-10,15H,2-4,11-14,16-17H2,1H3. The Kier molecular flexibility index (Phi) is 5.81. The number of carbonyl (C=O) groups excluding carboxylic acids is 1. The third kappa shape index (κ3) is 4.47. The monoisotopic (exact) mass is 380 g/mol. The van der Waals surface area contributed by atoms with Crippen LogP contribution in [0.3, 0.4) is 0 Å². The Morgan fingerprint density at radius 3 is 2.39 bits per heavy atom. The summed E-state index contributed by atoms with van der Waals surface area (Å²) in [6, 6.07) is 14.4. The lowest BCUT2D eigenvalue weighted by Crippen LogP contribution is -2.49. The second-order valence-corrected chi connectivity index (χ2v) is 7.58. The number of benzene rings is 2. The Balaban J connectivity index is 1.22. The maximum atomic E-state index is 12.5. The third-order valence-electron chi connectivity index (χ3n) is 5.72. The number of rotatable bonds is 6. The summed E-state index contributed by atoms with van der Waals surface area (Å²) < 4.78 is 11.0. The molecule has 0 N–H and O–H groups in total. The van der Waals surface area contributed by atoms with Crippen LogP contribution in [0.4, 0.5) is 0 Å². The number of carbonyl (C=O) groups is 1. The molecule has 0 atom stereocenters. The van der Waals surface area contributed by atoms with E-state index < -0.39 is 0 Å². The average Bonchev–Trinajstić information content (AvgIpc) is 3.21. The summed E-state index contributed by atoms with van der Waals surface area (Å²) in [7, 11) is 1.68. The van der Waals surface area contributed by atoms with E-state index in [2.05, 4.69) is 29.2 Å². The van der Waals surface area contributed by atoms with Crippen LogP contribution in [0.5, 0.6) is 11.5 Å². The summed E-state index contributed by atoms with van der Waals surface area (Å²) in [6.07, 6.45) is 3.50. The number of hydrogen-bond donors (Lipinski definition) is 0. The summed E-state index contributed by atoms with van der Waals surface area (Å²) in [5.74, 6) is 1.76. The molecule has 0 spiro atoms. The molecule has 28 heavy (non-hydrogen) atoms. The molecule has 0 unspecified atom stereocenters. The molecule has 5 nitrogen and oxygen atoms in total. The highest BCUT2D eigenvalue weighted by atomic mass is 16.5. The van der Waals surface area contributed by atoms with E-state index in [4.69, 9.17) is 9.47 Å². The quantitative estimate of drug-likeness (QED) is 0.773. The van der Waals surface area contributed by atoms with Gasteiger partial charge in [-0.05, 0) is 60.2 Å². The molecule has 0 saturated carbocycles. The summed E-state index contributed by atoms with van der Waals surface area (Å²) in [5, 5.41) is 0. The van der Waals surface area contributed by atoms with Gasteiger partial charge in [-0.2, -0.15) is 0 Å². The minimum atomic E-state index is 0.0737. The third-order valence-corrected chi connectivity index (χ3v) is 5.72. The fourth-order valence-corrected chi connectivity index (χ4v) is 4.02. The van der Waals surface area contributed by atoms with Crippen LogP contribution in [0.1, 0.15) is 23.1 Å². The van der Waals surface area contributed by atoms with Crippen LogP contribution in [-0.2, 0) is 24.2 Å². The van der Waals surface area contributed by atoms with E-state index in [1.165, 1.54) is 23.1 Å². The fourth-order valence-electron chi connectivity index (χ4n) is 4.02. The first-order chi connectivity index (χ1) is 13.7. The highest BCUT2D eigenvalue weighted by molar-refractivity contribution is 5.77. The van der Waals surface area contributed by atoms with Gasteiger partial charge in [-0.3, -0.25) is 9.69 Å². The first-order valence-corrected chi connectivity index (χ1v) is 10.1. The van der Waals surface area contributed by atoms with Gasteiger partial charge < -0.3 is 14.4 Å². The molecule has 1 aliphatic heterocycles. The second kappa shape index (κ2) is 8.65. The molecule has 0 aromatic heterocycles. The van der Waals surface area contributed by atoms with Gasteiger partial charge in [0.25, 0.3) is 5.91 Å². The lowest BCUT2D eigenvalue weighted by Gasteiger charge is -2.34. The molecule has 4 rings (SSSR count). The van der Waals surface area contributed by atoms with Crippen LogP contribution in [0.2, 0.25) is 0 Å². The van der Waals surface area contributed by atoms with Crippen LogP contribution in [-0.4, -0.2) is 55.6 Å². The Morgan fingerprint density at radius 1 is 0.929 bits per heavy atom. The zero-order valence-corrected chi connectivity index (χ0v) is 16.5. The van der Waals surface area contributed by atoms with Gasteiger partial charge in [0.2, 0.25) is 0 Å². The van der Waals surface area contributed by atoms with E-state index in [1.807, 2.05) is 23.1 Å². The van der Waals surface area contributed by atoms with Gasteiger partial charge >= 0.3 is 0 Å². The minimum absolute atomic E-state index is 0.0737. The van der Waals surface area contributed by atoms with Crippen molar-refractivity contribution in [2.45, 2.75) is 25.8 Å². The van der Waals surface area contributed by atoms with Crippen molar-refractivity contribution in [1.82, 2.24) is 9.80 Å². The predicted octanol–water partition coefficient (Wildman–Crippen LogP) is 2.91. The van der Waals surface area contributed by atoms with Crippen LogP contribution in [0, 0.1) is 0 Å². The summed E-state index contributed by atoms with van der Waals surface area (Å²) in [4.78, 5) is 16.8. The van der Waals surface area contributed by atoms with Crippen molar-refractivity contribution in [2.75, 3.05) is 39.9 Å². The van der Waals surface area contributed by atoms with E-state index in [9.17, 15) is 4.79 Å². The SMILES string of the molecule is COc1ccc(CN2CCN(C(=O)COc3ccc4c(c3)CCC4)CC2)cc1. The van der Waals surface area contributed by atoms with Gasteiger partial charge in [0, 0.05) is 32.7 Å². The van der Waals surface area contributed by atoms with Crippen LogP contribution >= 0.6 is 0 Å². The Hall–Kier alpha value is -2.53. The molecule has 2 aliphatic rings. The van der Waals surface area contributed by atoms with E-state index >= 15 is 0 Å². The molecule has 1 aliphatic carbocycles. The van der Waals surface area contributed by atoms with Crippen LogP contribution in [0.25, 0.3) is 0 Å². The molecule has 148 valence electrons. The Morgan fingerprint density at radius 2 is 1.64 bits per heavy atom. The molecular formula is C23H28N2O3. The fraction of sp³-hybridized carbons (Fsp3) is 0.435. The summed E-state index contributed by atoms with van der Waals surface area (Å²) in [6.45, 7) is 4.30. The van der Waals surface area contributed by atoms with Crippen molar-refractivity contribution in [3.05, 3.63) is 59.2 Å². The van der Waals surface area contributed by atoms with Crippen LogP contribution < -0.4 is 9.47 Å². The lowest BCUT2D eigenvalue weighted by atomic mass is 10.1. The van der Waals surface area contributed by atoms with Gasteiger partial charge in [-0.1, -0.05) is 18.2 Å². The van der Waals surface area contributed by atoms with E-state index in [0.717, 1.165) is 57.1 Å². The van der Waals surface area contributed by atoms with E-state index in [1.54, 1.807) is 7.11 Å². The number of piperazine rings is 1. The molecular weight excluding hydrogens is 352 g/mol. The molecule has 1 fully saturated rings. The molecule has 0 radical (unpaired) electrons. The summed E-state index contributed by atoms with van der Waals surface area (Å²) >= 11 is 0. The lowest BCUT2D eigenvalue weighted by molar-refractivity contribution is -0.135. The molecule has 0 bridgehead atoms. The number of amides is 1. The second-order valence-electron chi connectivity index (χ2n) is 7.58. The minimum Gasteiger partial charge on any atom is -0.497 e. The zero-order chi connectivity index (χ0) is 19.3. The number of fused-ring (bicyclic) bond motifs is 1. The van der Waals surface area contributed by atoms with Gasteiger partial charge in [0.1, 0.15) is 11.5 Å². The Labute approximate surface area is 166 Å². The number of aryl methyl sites for hydroxylation is 2. The molecule has 1 amide bonds. The zero-order valence-electron chi connectivity index (χ0n) is 16.5. The Bertz CT molecular complexity index is 811. The largest absolute Gasteiger partial charge is 0.497 e. The maximum absolute atomic E-state index is 12.5. The number of hydrogen-bond acceptors (Lipinski definition) is 4. The molecule has 5 heteroatoms. The molecule has 2 aromatic carbocycles. The highest BCUT2D eigenvalue weighted by Gasteiger charge is 2.21. The number of ether oxygens (including phenoxy) is 2. The normalized spacial score (nSPS) is 16.7. The number of methoxy groups -OCH3 is 1. The van der Waals surface area contributed by atoms with Gasteiger partial charge in [0.05, 0.1) is 7.11 Å². The smallest absolute Gasteiger partial charge is 0.260 e. The highest BCUT2D eigenvalue weighted by Crippen LogP contribution is 2.26. The van der Waals surface area contributed by atoms with E-state index in [-0.39, 0.29) is 12.5 Å². The molecule has 1 saturated heterocycles. The van der Waals surface area contributed by atoms with E-state index in [0.29, 0.717) is 0 Å². The molecule has 2 aromatic rings. The van der Waals surface area contributed by atoms with Gasteiger partial charge in [0.15, 0.2) is 6.61 Å². The summed E-state index contributed by atoms with van der Waals surface area (Å²) in [5.41, 5.74) is 4.06. The predicted molar refractivity (Wildman–Crippen MR) is 109 cm³/mol. The topological polar surface area (TPSA) is 42.0 Å². The van der Waals surface area contributed by atoms with Crippen molar-refractivity contribution in [1.29, 1.82) is 0 Å².